The van der Waals surface area contributed by atoms with Gasteiger partial charge in [-0.2, -0.15) is 5.26 Å². The van der Waals surface area contributed by atoms with Gasteiger partial charge in [0.05, 0.1) is 11.6 Å². The van der Waals surface area contributed by atoms with Gasteiger partial charge in [0.1, 0.15) is 0 Å². The minimum Gasteiger partial charge on any atom is -0.312 e. The summed E-state index contributed by atoms with van der Waals surface area (Å²) in [6, 6.07) is 13.9. The number of nitrogens with zero attached hydrogens (tertiary/aromatic N) is 2. The van der Waals surface area contributed by atoms with E-state index < -0.39 is 0 Å². The fraction of sp³-hybridized carbons (Fsp3) is 0.200. The van der Waals surface area contributed by atoms with E-state index in [1.54, 1.807) is 6.20 Å². The van der Waals surface area contributed by atoms with Crippen LogP contribution in [0.2, 0.25) is 0 Å². The number of aromatic nitrogens is 1. The first-order valence-electron chi connectivity index (χ1n) is 5.98. The molecule has 90 valence electrons. The first kappa shape index (κ1) is 12.3. The minimum absolute atomic E-state index is 0.726. The second-order valence-electron chi connectivity index (χ2n) is 4.06. The minimum atomic E-state index is 0.726. The third-order valence-corrected chi connectivity index (χ3v) is 2.77. The zero-order valence-electron chi connectivity index (χ0n) is 10.1. The summed E-state index contributed by atoms with van der Waals surface area (Å²) in [7, 11) is 0. The first-order chi connectivity index (χ1) is 8.90. The van der Waals surface area contributed by atoms with Crippen LogP contribution in [0.3, 0.4) is 0 Å². The van der Waals surface area contributed by atoms with E-state index in [-0.39, 0.29) is 0 Å². The predicted molar refractivity (Wildman–Crippen MR) is 70.8 cm³/mol. The van der Waals surface area contributed by atoms with E-state index in [1.807, 2.05) is 36.5 Å². The fourth-order valence-corrected chi connectivity index (χ4v) is 1.79. The number of hydrogen-bond acceptors (Lipinski definition) is 3. The van der Waals surface area contributed by atoms with Crippen LogP contribution < -0.4 is 5.32 Å². The molecule has 18 heavy (non-hydrogen) atoms. The largest absolute Gasteiger partial charge is 0.312 e. The highest BCUT2D eigenvalue weighted by molar-refractivity contribution is 5.37. The van der Waals surface area contributed by atoms with Gasteiger partial charge in [-0.1, -0.05) is 24.3 Å². The summed E-state index contributed by atoms with van der Waals surface area (Å²) in [5.74, 6) is 0. The van der Waals surface area contributed by atoms with E-state index in [0.717, 1.165) is 30.6 Å². The molecule has 0 saturated heterocycles. The summed E-state index contributed by atoms with van der Waals surface area (Å²) in [6.07, 6.45) is 4.60. The molecule has 3 heteroatoms. The van der Waals surface area contributed by atoms with Crippen LogP contribution in [0.25, 0.3) is 0 Å². The number of nitrogens with one attached hydrogen (secondary N) is 1. The first-order valence-corrected chi connectivity index (χ1v) is 5.98. The lowest BCUT2D eigenvalue weighted by molar-refractivity contribution is 0.685. The molecule has 0 saturated carbocycles. The highest BCUT2D eigenvalue weighted by atomic mass is 14.8. The third kappa shape index (κ3) is 3.41. The summed E-state index contributed by atoms with van der Waals surface area (Å²) in [5.41, 5.74) is 3.01. The number of pyridine rings is 1. The van der Waals surface area contributed by atoms with Crippen LogP contribution in [0, 0.1) is 11.3 Å². The fourth-order valence-electron chi connectivity index (χ4n) is 1.79. The summed E-state index contributed by atoms with van der Waals surface area (Å²) in [4.78, 5) is 4.08. The standard InChI is InChI=1S/C15H15N3/c16-10-14-5-1-2-6-15(14)12-18-9-7-13-4-3-8-17-11-13/h1-6,8,11,18H,7,9,12H2. The van der Waals surface area contributed by atoms with E-state index in [0.29, 0.717) is 0 Å². The second-order valence-corrected chi connectivity index (χ2v) is 4.06. The average Bonchev–Trinajstić information content (AvgIpc) is 2.45. The molecule has 0 aliphatic heterocycles. The second kappa shape index (κ2) is 6.53. The quantitative estimate of drug-likeness (QED) is 0.812. The molecule has 1 heterocycles. The SMILES string of the molecule is N#Cc1ccccc1CNCCc1cccnc1. The van der Waals surface area contributed by atoms with Gasteiger partial charge in [-0.15, -0.1) is 0 Å². The zero-order chi connectivity index (χ0) is 12.6. The van der Waals surface area contributed by atoms with Crippen molar-refractivity contribution in [3.63, 3.8) is 0 Å². The number of nitriles is 1. The molecule has 2 aromatic rings. The molecule has 1 N–H and O–H groups in total. The van der Waals surface area contributed by atoms with Crippen molar-refractivity contribution in [3.05, 3.63) is 65.5 Å². The van der Waals surface area contributed by atoms with Crippen LogP contribution in [0.1, 0.15) is 16.7 Å². The van der Waals surface area contributed by atoms with Crippen molar-refractivity contribution in [1.29, 1.82) is 5.26 Å². The van der Waals surface area contributed by atoms with Crippen molar-refractivity contribution in [2.75, 3.05) is 6.54 Å². The lowest BCUT2D eigenvalue weighted by Crippen LogP contribution is -2.17. The van der Waals surface area contributed by atoms with Crippen LogP contribution in [0.5, 0.6) is 0 Å². The predicted octanol–water partition coefficient (Wildman–Crippen LogP) is 2.29. The summed E-state index contributed by atoms with van der Waals surface area (Å²) < 4.78 is 0. The smallest absolute Gasteiger partial charge is 0.0995 e. The molecule has 0 aliphatic rings. The van der Waals surface area contributed by atoms with Gasteiger partial charge in [0.2, 0.25) is 0 Å². The van der Waals surface area contributed by atoms with Crippen molar-refractivity contribution in [3.8, 4) is 6.07 Å². The molecule has 0 fully saturated rings. The zero-order valence-corrected chi connectivity index (χ0v) is 10.1. The maximum absolute atomic E-state index is 8.97. The van der Waals surface area contributed by atoms with Gasteiger partial charge in [-0.05, 0) is 36.2 Å². The molecule has 0 amide bonds. The Kier molecular flexibility index (Phi) is 4.46. The Morgan fingerprint density at radius 3 is 2.83 bits per heavy atom. The molecule has 0 bridgehead atoms. The Labute approximate surface area is 107 Å². The van der Waals surface area contributed by atoms with Crippen LogP contribution in [-0.4, -0.2) is 11.5 Å². The lowest BCUT2D eigenvalue weighted by Gasteiger charge is -2.06. The normalized spacial score (nSPS) is 9.94. The van der Waals surface area contributed by atoms with Gasteiger partial charge in [0.15, 0.2) is 0 Å². The third-order valence-electron chi connectivity index (χ3n) is 2.77. The molecule has 0 unspecified atom stereocenters. The maximum Gasteiger partial charge on any atom is 0.0995 e. The van der Waals surface area contributed by atoms with Gasteiger partial charge in [-0.25, -0.2) is 0 Å². The molecule has 1 aromatic carbocycles. The van der Waals surface area contributed by atoms with E-state index in [9.17, 15) is 0 Å². The molecule has 1 aromatic heterocycles. The molecular weight excluding hydrogens is 222 g/mol. The Balaban J connectivity index is 1.81. The Morgan fingerprint density at radius 1 is 1.17 bits per heavy atom. The molecule has 0 radical (unpaired) electrons. The van der Waals surface area contributed by atoms with E-state index >= 15 is 0 Å². The van der Waals surface area contributed by atoms with Gasteiger partial charge in [-0.3, -0.25) is 4.98 Å². The number of hydrogen-bond donors (Lipinski definition) is 1. The van der Waals surface area contributed by atoms with Gasteiger partial charge in [0.25, 0.3) is 0 Å². The van der Waals surface area contributed by atoms with Crippen LogP contribution in [0.15, 0.2) is 48.8 Å². The summed E-state index contributed by atoms with van der Waals surface area (Å²) in [5, 5.41) is 12.3. The van der Waals surface area contributed by atoms with Gasteiger partial charge >= 0.3 is 0 Å². The topological polar surface area (TPSA) is 48.7 Å². The van der Waals surface area contributed by atoms with Gasteiger partial charge < -0.3 is 5.32 Å². The van der Waals surface area contributed by atoms with Gasteiger partial charge in [0, 0.05) is 18.9 Å². The van der Waals surface area contributed by atoms with E-state index in [1.165, 1.54) is 5.56 Å². The molecular formula is C15H15N3. The maximum atomic E-state index is 8.97. The molecule has 0 atom stereocenters. The van der Waals surface area contributed by atoms with Crippen molar-refractivity contribution in [1.82, 2.24) is 10.3 Å². The monoisotopic (exact) mass is 237 g/mol. The van der Waals surface area contributed by atoms with Crippen molar-refractivity contribution >= 4 is 0 Å². The molecule has 0 aliphatic carbocycles. The average molecular weight is 237 g/mol. The molecule has 0 spiro atoms. The lowest BCUT2D eigenvalue weighted by atomic mass is 10.1. The van der Waals surface area contributed by atoms with Crippen LogP contribution >= 0.6 is 0 Å². The molecule has 2 rings (SSSR count). The Hall–Kier alpha value is -2.18. The van der Waals surface area contributed by atoms with Crippen LogP contribution in [-0.2, 0) is 13.0 Å². The summed E-state index contributed by atoms with van der Waals surface area (Å²) in [6.45, 7) is 1.61. The van der Waals surface area contributed by atoms with Crippen molar-refractivity contribution in [2.45, 2.75) is 13.0 Å². The highest BCUT2D eigenvalue weighted by Crippen LogP contribution is 2.06. The Bertz CT molecular complexity index is 529. The Morgan fingerprint density at radius 2 is 2.06 bits per heavy atom. The van der Waals surface area contributed by atoms with Crippen LogP contribution in [0.4, 0.5) is 0 Å². The number of rotatable bonds is 5. The highest BCUT2D eigenvalue weighted by Gasteiger charge is 1.99. The van der Waals surface area contributed by atoms with E-state index in [2.05, 4.69) is 22.4 Å². The molecule has 3 nitrogen and oxygen atoms in total. The summed E-state index contributed by atoms with van der Waals surface area (Å²) >= 11 is 0. The van der Waals surface area contributed by atoms with E-state index in [4.69, 9.17) is 5.26 Å². The van der Waals surface area contributed by atoms with Crippen molar-refractivity contribution < 1.29 is 0 Å². The van der Waals surface area contributed by atoms with Crippen molar-refractivity contribution in [2.24, 2.45) is 0 Å². The number of benzene rings is 1.